The summed E-state index contributed by atoms with van der Waals surface area (Å²) in [6, 6.07) is 6.30. The molecular weight excluding hydrogens is 239 g/mol. The summed E-state index contributed by atoms with van der Waals surface area (Å²) in [6.45, 7) is 0. The van der Waals surface area contributed by atoms with Crippen LogP contribution in [0.5, 0.6) is 0 Å². The first-order chi connectivity index (χ1) is 8.18. The molecule has 3 N–H and O–H groups in total. The molecule has 2 rings (SSSR count). The van der Waals surface area contributed by atoms with E-state index >= 15 is 0 Å². The van der Waals surface area contributed by atoms with E-state index in [1.165, 1.54) is 12.3 Å². The number of hydrazone groups is 1. The van der Waals surface area contributed by atoms with Crippen LogP contribution in [0, 0.1) is 5.82 Å². The Bertz CT molecular complexity index is 597. The minimum Gasteiger partial charge on any atom is -0.375 e. The van der Waals surface area contributed by atoms with Crippen molar-refractivity contribution in [1.82, 2.24) is 10.4 Å². The predicted octanol–water partition coefficient (Wildman–Crippen LogP) is 1.54. The Balaban J connectivity index is 2.45. The van der Waals surface area contributed by atoms with Gasteiger partial charge in [-0.1, -0.05) is 0 Å². The first-order valence-electron chi connectivity index (χ1n) is 4.80. The number of aromatic nitrogens is 1. The second kappa shape index (κ2) is 4.84. The lowest BCUT2D eigenvalue weighted by molar-refractivity contribution is 0.639. The predicted molar refractivity (Wildman–Crippen MR) is 69.2 cm³/mol. The molecule has 86 valence electrons. The highest BCUT2D eigenvalue weighted by atomic mass is 32.1. The van der Waals surface area contributed by atoms with Gasteiger partial charge >= 0.3 is 0 Å². The number of hydrogen-bond donors (Lipinski definition) is 2. The quantitative estimate of drug-likeness (QED) is 0.481. The van der Waals surface area contributed by atoms with E-state index in [0.717, 1.165) is 0 Å². The first-order valence-corrected chi connectivity index (χ1v) is 5.21. The average molecular weight is 248 g/mol. The fraction of sp³-hybridized carbons (Fsp3) is 0. The van der Waals surface area contributed by atoms with Crippen LogP contribution in [-0.2, 0) is 0 Å². The summed E-state index contributed by atoms with van der Waals surface area (Å²) in [6.07, 6.45) is 3.09. The number of thiocarbonyl (C=S) groups is 1. The van der Waals surface area contributed by atoms with E-state index in [2.05, 4.69) is 27.7 Å². The van der Waals surface area contributed by atoms with Crippen LogP contribution in [0.2, 0.25) is 0 Å². The molecule has 17 heavy (non-hydrogen) atoms. The summed E-state index contributed by atoms with van der Waals surface area (Å²) in [7, 11) is 0. The number of hydrogen-bond acceptors (Lipinski definition) is 3. The minimum absolute atomic E-state index is 0.0700. The van der Waals surface area contributed by atoms with Crippen LogP contribution in [0.3, 0.4) is 0 Å². The molecule has 0 saturated carbocycles. The van der Waals surface area contributed by atoms with Gasteiger partial charge in [0.15, 0.2) is 5.11 Å². The summed E-state index contributed by atoms with van der Waals surface area (Å²) < 4.78 is 13.5. The van der Waals surface area contributed by atoms with E-state index in [4.69, 9.17) is 5.73 Å². The average Bonchev–Trinajstić information content (AvgIpc) is 2.32. The standard InChI is InChI=1S/C11H9FN4S/c12-9-4-3-7(6-15-16-11(13)17)10-8(9)2-1-5-14-10/h1-6H,(H3,13,16,17). The third-order valence-electron chi connectivity index (χ3n) is 2.13. The molecule has 0 bridgehead atoms. The maximum Gasteiger partial charge on any atom is 0.184 e. The molecule has 0 aliphatic rings. The SMILES string of the molecule is NC(=S)NN=Cc1ccc(F)c2cccnc12. The summed E-state index contributed by atoms with van der Waals surface area (Å²) in [5.74, 6) is -0.312. The van der Waals surface area contributed by atoms with Gasteiger partial charge in [-0.3, -0.25) is 10.4 Å². The molecular formula is C11H9FN4S. The summed E-state index contributed by atoms with van der Waals surface area (Å²) >= 11 is 4.60. The molecule has 0 unspecified atom stereocenters. The second-order valence-electron chi connectivity index (χ2n) is 3.27. The lowest BCUT2D eigenvalue weighted by Crippen LogP contribution is -2.24. The van der Waals surface area contributed by atoms with Crippen molar-refractivity contribution in [3.05, 3.63) is 41.8 Å². The maximum atomic E-state index is 13.5. The topological polar surface area (TPSA) is 63.3 Å². The van der Waals surface area contributed by atoms with Gasteiger partial charge in [0.25, 0.3) is 0 Å². The number of nitrogens with zero attached hydrogens (tertiary/aromatic N) is 2. The molecule has 0 atom stereocenters. The Morgan fingerprint density at radius 1 is 1.47 bits per heavy atom. The lowest BCUT2D eigenvalue weighted by atomic mass is 10.1. The molecule has 6 heteroatoms. The van der Waals surface area contributed by atoms with E-state index in [1.807, 2.05) is 0 Å². The molecule has 0 saturated heterocycles. The van der Waals surface area contributed by atoms with E-state index < -0.39 is 0 Å². The summed E-state index contributed by atoms with van der Waals surface area (Å²) in [4.78, 5) is 4.12. The highest BCUT2D eigenvalue weighted by Gasteiger charge is 2.04. The van der Waals surface area contributed by atoms with E-state index in [-0.39, 0.29) is 10.9 Å². The van der Waals surface area contributed by atoms with Crippen LogP contribution in [0.4, 0.5) is 4.39 Å². The van der Waals surface area contributed by atoms with Gasteiger partial charge in [-0.15, -0.1) is 0 Å². The Kier molecular flexibility index (Phi) is 3.24. The van der Waals surface area contributed by atoms with Gasteiger partial charge in [0.1, 0.15) is 5.82 Å². The van der Waals surface area contributed by atoms with Gasteiger partial charge in [0.05, 0.1) is 11.7 Å². The molecule has 1 heterocycles. The van der Waals surface area contributed by atoms with Gasteiger partial charge in [-0.25, -0.2) is 4.39 Å². The van der Waals surface area contributed by atoms with Crippen LogP contribution in [0.15, 0.2) is 35.6 Å². The van der Waals surface area contributed by atoms with Gasteiger partial charge in [0, 0.05) is 17.1 Å². The molecule has 0 aliphatic carbocycles. The molecule has 0 radical (unpaired) electrons. The van der Waals surface area contributed by atoms with E-state index in [9.17, 15) is 4.39 Å². The molecule has 2 aromatic rings. The number of rotatable bonds is 2. The molecule has 0 spiro atoms. The van der Waals surface area contributed by atoms with Gasteiger partial charge in [-0.2, -0.15) is 5.10 Å². The number of nitrogens with one attached hydrogen (secondary N) is 1. The van der Waals surface area contributed by atoms with Gasteiger partial charge < -0.3 is 5.73 Å². The number of benzene rings is 1. The lowest BCUT2D eigenvalue weighted by Gasteiger charge is -2.02. The van der Waals surface area contributed by atoms with Crippen molar-refractivity contribution in [2.75, 3.05) is 0 Å². The molecule has 1 aromatic heterocycles. The van der Waals surface area contributed by atoms with Crippen molar-refractivity contribution >= 4 is 34.4 Å². The third kappa shape index (κ3) is 2.54. The summed E-state index contributed by atoms with van der Waals surface area (Å²) in [5.41, 5.74) is 8.88. The van der Waals surface area contributed by atoms with E-state index in [0.29, 0.717) is 16.5 Å². The van der Waals surface area contributed by atoms with Crippen LogP contribution < -0.4 is 11.2 Å². The number of halogens is 1. The summed E-state index contributed by atoms with van der Waals surface area (Å²) in [5, 5.41) is 4.34. The first kappa shape index (κ1) is 11.4. The normalized spacial score (nSPS) is 10.9. The Morgan fingerprint density at radius 3 is 3.06 bits per heavy atom. The van der Waals surface area contributed by atoms with Crippen molar-refractivity contribution < 1.29 is 4.39 Å². The Labute approximate surface area is 102 Å². The Morgan fingerprint density at radius 2 is 2.29 bits per heavy atom. The second-order valence-corrected chi connectivity index (χ2v) is 3.71. The van der Waals surface area contributed by atoms with Crippen molar-refractivity contribution in [1.29, 1.82) is 0 Å². The minimum atomic E-state index is -0.312. The highest BCUT2D eigenvalue weighted by molar-refractivity contribution is 7.80. The molecule has 1 aromatic carbocycles. The fourth-order valence-electron chi connectivity index (χ4n) is 1.43. The zero-order valence-corrected chi connectivity index (χ0v) is 9.54. The number of pyridine rings is 1. The molecule has 4 nitrogen and oxygen atoms in total. The highest BCUT2D eigenvalue weighted by Crippen LogP contribution is 2.18. The zero-order chi connectivity index (χ0) is 12.3. The number of fused-ring (bicyclic) bond motifs is 1. The maximum absolute atomic E-state index is 13.5. The van der Waals surface area contributed by atoms with Gasteiger partial charge in [-0.05, 0) is 36.5 Å². The fourth-order valence-corrected chi connectivity index (χ4v) is 1.48. The smallest absolute Gasteiger partial charge is 0.184 e. The Hall–Kier alpha value is -2.08. The monoisotopic (exact) mass is 248 g/mol. The largest absolute Gasteiger partial charge is 0.375 e. The molecule has 0 fully saturated rings. The van der Waals surface area contributed by atoms with Crippen LogP contribution in [0.1, 0.15) is 5.56 Å². The van der Waals surface area contributed by atoms with Crippen LogP contribution in [-0.4, -0.2) is 16.3 Å². The van der Waals surface area contributed by atoms with Crippen molar-refractivity contribution in [3.63, 3.8) is 0 Å². The molecule has 0 amide bonds. The van der Waals surface area contributed by atoms with Crippen LogP contribution >= 0.6 is 12.2 Å². The van der Waals surface area contributed by atoms with Crippen molar-refractivity contribution in [3.8, 4) is 0 Å². The zero-order valence-electron chi connectivity index (χ0n) is 8.72. The van der Waals surface area contributed by atoms with Crippen LogP contribution in [0.25, 0.3) is 10.9 Å². The molecule has 0 aliphatic heterocycles. The van der Waals surface area contributed by atoms with E-state index in [1.54, 1.807) is 24.4 Å². The van der Waals surface area contributed by atoms with Crippen molar-refractivity contribution in [2.24, 2.45) is 10.8 Å². The third-order valence-corrected chi connectivity index (χ3v) is 2.22. The number of nitrogens with two attached hydrogens (primary N) is 1. The van der Waals surface area contributed by atoms with Crippen molar-refractivity contribution in [2.45, 2.75) is 0 Å². The van der Waals surface area contributed by atoms with Gasteiger partial charge in [0.2, 0.25) is 0 Å².